The van der Waals surface area contributed by atoms with Crippen LogP contribution >= 0.6 is 11.8 Å². The Morgan fingerprint density at radius 3 is 2.59 bits per heavy atom. The van der Waals surface area contributed by atoms with Gasteiger partial charge in [0, 0.05) is 6.04 Å². The largest absolute Gasteiger partial charge is 0.352 e. The van der Waals surface area contributed by atoms with Crippen molar-refractivity contribution in [2.24, 2.45) is 0 Å². The molecule has 1 fully saturated rings. The number of carbonyl (C=O) groups excluding carboxylic acids is 1. The number of halogens is 2. The zero-order valence-corrected chi connectivity index (χ0v) is 15.0. The molecule has 4 rings (SSSR count). The first kappa shape index (κ1) is 17.7. The van der Waals surface area contributed by atoms with Gasteiger partial charge in [0.1, 0.15) is 16.9 Å². The molecule has 3 aromatic rings. The van der Waals surface area contributed by atoms with Gasteiger partial charge in [0.2, 0.25) is 11.1 Å². The fourth-order valence-corrected chi connectivity index (χ4v) is 3.51. The number of nitrogens with one attached hydrogen (secondary N) is 2. The Bertz CT molecular complexity index is 956. The smallest absolute Gasteiger partial charge is 0.238 e. The van der Waals surface area contributed by atoms with Gasteiger partial charge in [-0.2, -0.15) is 0 Å². The second kappa shape index (κ2) is 7.48. The zero-order chi connectivity index (χ0) is 18.8. The molecule has 0 bridgehead atoms. The first-order valence-corrected chi connectivity index (χ1v) is 9.38. The van der Waals surface area contributed by atoms with Crippen molar-refractivity contribution in [1.29, 1.82) is 0 Å². The van der Waals surface area contributed by atoms with Crippen LogP contribution in [0.15, 0.2) is 53.7 Å². The molecule has 1 amide bonds. The van der Waals surface area contributed by atoms with Crippen LogP contribution in [0.1, 0.15) is 23.7 Å². The van der Waals surface area contributed by atoms with Gasteiger partial charge in [-0.3, -0.25) is 9.89 Å². The summed E-state index contributed by atoms with van der Waals surface area (Å²) in [5.74, 6) is -0.668. The van der Waals surface area contributed by atoms with E-state index in [4.69, 9.17) is 0 Å². The van der Waals surface area contributed by atoms with Crippen LogP contribution in [0.3, 0.4) is 0 Å². The van der Waals surface area contributed by atoms with Gasteiger partial charge in [-0.05, 0) is 42.7 Å². The molecular formula is C19H16F2N4OS. The van der Waals surface area contributed by atoms with Crippen molar-refractivity contribution in [3.05, 3.63) is 65.7 Å². The first-order chi connectivity index (χ1) is 13.1. The summed E-state index contributed by atoms with van der Waals surface area (Å²) in [7, 11) is 0. The molecule has 1 unspecified atom stereocenters. The van der Waals surface area contributed by atoms with Crippen LogP contribution in [0.25, 0.3) is 11.4 Å². The first-order valence-electron chi connectivity index (χ1n) is 8.50. The van der Waals surface area contributed by atoms with Crippen LogP contribution in [0.5, 0.6) is 0 Å². The number of benzene rings is 2. The number of aromatic nitrogens is 3. The van der Waals surface area contributed by atoms with Gasteiger partial charge in [0.05, 0.1) is 5.56 Å². The topological polar surface area (TPSA) is 70.7 Å². The van der Waals surface area contributed by atoms with Crippen molar-refractivity contribution in [2.75, 3.05) is 0 Å². The Morgan fingerprint density at radius 1 is 1.15 bits per heavy atom. The highest BCUT2D eigenvalue weighted by Gasteiger charge is 2.30. The van der Waals surface area contributed by atoms with E-state index in [0.29, 0.717) is 16.3 Å². The Kier molecular flexibility index (Phi) is 4.89. The van der Waals surface area contributed by atoms with Crippen molar-refractivity contribution < 1.29 is 13.6 Å². The summed E-state index contributed by atoms with van der Waals surface area (Å²) in [6.07, 6.45) is 1.93. The predicted molar refractivity (Wildman–Crippen MR) is 97.9 cm³/mol. The van der Waals surface area contributed by atoms with Gasteiger partial charge >= 0.3 is 0 Å². The molecule has 1 saturated carbocycles. The van der Waals surface area contributed by atoms with Crippen LogP contribution in [-0.4, -0.2) is 27.1 Å². The molecule has 0 spiro atoms. The molecule has 1 aromatic heterocycles. The molecule has 1 atom stereocenters. The third-order valence-corrected chi connectivity index (χ3v) is 5.27. The average molecular weight is 386 g/mol. The van der Waals surface area contributed by atoms with E-state index in [0.717, 1.165) is 24.6 Å². The molecular weight excluding hydrogens is 370 g/mol. The number of rotatable bonds is 6. The van der Waals surface area contributed by atoms with E-state index in [1.54, 1.807) is 30.3 Å². The van der Waals surface area contributed by atoms with Crippen LogP contribution in [0.2, 0.25) is 0 Å². The lowest BCUT2D eigenvalue weighted by Gasteiger charge is -2.15. The van der Waals surface area contributed by atoms with Gasteiger partial charge in [-0.1, -0.05) is 36.0 Å². The van der Waals surface area contributed by atoms with E-state index in [-0.39, 0.29) is 23.6 Å². The van der Waals surface area contributed by atoms with E-state index in [1.807, 2.05) is 0 Å². The van der Waals surface area contributed by atoms with Gasteiger partial charge < -0.3 is 5.32 Å². The summed E-state index contributed by atoms with van der Waals surface area (Å²) in [5, 5.41) is 9.45. The molecule has 8 heteroatoms. The highest BCUT2D eigenvalue weighted by molar-refractivity contribution is 8.00. The van der Waals surface area contributed by atoms with Crippen molar-refractivity contribution in [3.8, 4) is 11.4 Å². The maximum atomic E-state index is 13.9. The van der Waals surface area contributed by atoms with Crippen LogP contribution in [-0.2, 0) is 4.79 Å². The normalized spacial score (nSPS) is 14.7. The molecule has 1 aliphatic rings. The van der Waals surface area contributed by atoms with Crippen LogP contribution in [0.4, 0.5) is 8.78 Å². The van der Waals surface area contributed by atoms with E-state index in [1.165, 1.54) is 18.2 Å². The Labute approximate surface area is 158 Å². The van der Waals surface area contributed by atoms with Crippen LogP contribution < -0.4 is 5.32 Å². The van der Waals surface area contributed by atoms with Crippen molar-refractivity contribution in [2.45, 2.75) is 29.3 Å². The summed E-state index contributed by atoms with van der Waals surface area (Å²) < 4.78 is 27.2. The summed E-state index contributed by atoms with van der Waals surface area (Å²) in [5.41, 5.74) is 0.953. The lowest BCUT2D eigenvalue weighted by Crippen LogP contribution is -2.29. The SMILES string of the molecule is O=C(NC1CC1)C(Sc1n[nH]c(-c2ccccc2F)n1)c1ccc(F)cc1. The molecule has 138 valence electrons. The minimum absolute atomic E-state index is 0.175. The Balaban J connectivity index is 1.58. The summed E-state index contributed by atoms with van der Waals surface area (Å²) in [4.78, 5) is 17.0. The third kappa shape index (κ3) is 4.16. The lowest BCUT2D eigenvalue weighted by molar-refractivity contribution is -0.120. The molecule has 2 N–H and O–H groups in total. The second-order valence-electron chi connectivity index (χ2n) is 6.28. The molecule has 1 heterocycles. The quantitative estimate of drug-likeness (QED) is 0.631. The van der Waals surface area contributed by atoms with Crippen molar-refractivity contribution >= 4 is 17.7 Å². The van der Waals surface area contributed by atoms with Crippen molar-refractivity contribution in [3.63, 3.8) is 0 Å². The van der Waals surface area contributed by atoms with Gasteiger partial charge in [0.15, 0.2) is 5.82 Å². The predicted octanol–water partition coefficient (Wildman–Crippen LogP) is 3.86. The fourth-order valence-electron chi connectivity index (χ4n) is 2.59. The van der Waals surface area contributed by atoms with Gasteiger partial charge in [-0.25, -0.2) is 13.8 Å². The molecule has 0 saturated heterocycles. The minimum Gasteiger partial charge on any atom is -0.352 e. The molecule has 2 aromatic carbocycles. The standard InChI is InChI=1S/C19H16F2N4OS/c20-12-7-5-11(6-8-12)16(18(26)22-13-9-10-13)27-19-23-17(24-25-19)14-3-1-2-4-15(14)21/h1-8,13,16H,9-10H2,(H,22,26)(H,23,24,25). The third-order valence-electron chi connectivity index (χ3n) is 4.15. The van der Waals surface area contributed by atoms with E-state index >= 15 is 0 Å². The summed E-state index contributed by atoms with van der Waals surface area (Å²) in [6.45, 7) is 0. The number of amides is 1. The number of carbonyl (C=O) groups is 1. The number of hydrogen-bond donors (Lipinski definition) is 2. The summed E-state index contributed by atoms with van der Waals surface area (Å²) >= 11 is 1.14. The summed E-state index contributed by atoms with van der Waals surface area (Å²) in [6, 6.07) is 12.2. The molecule has 0 aliphatic heterocycles. The molecule has 0 radical (unpaired) electrons. The second-order valence-corrected chi connectivity index (χ2v) is 7.35. The maximum Gasteiger partial charge on any atom is 0.238 e. The maximum absolute atomic E-state index is 13.9. The lowest BCUT2D eigenvalue weighted by atomic mass is 10.1. The zero-order valence-electron chi connectivity index (χ0n) is 14.2. The van der Waals surface area contributed by atoms with Gasteiger partial charge in [-0.15, -0.1) is 5.10 Å². The molecule has 1 aliphatic carbocycles. The molecule has 5 nitrogen and oxygen atoms in total. The number of hydrogen-bond acceptors (Lipinski definition) is 4. The number of aromatic amines is 1. The number of nitrogens with zero attached hydrogens (tertiary/aromatic N) is 2. The monoisotopic (exact) mass is 386 g/mol. The molecule has 27 heavy (non-hydrogen) atoms. The van der Waals surface area contributed by atoms with E-state index < -0.39 is 11.1 Å². The Hall–Kier alpha value is -2.74. The van der Waals surface area contributed by atoms with Crippen molar-refractivity contribution in [1.82, 2.24) is 20.5 Å². The highest BCUT2D eigenvalue weighted by atomic mass is 32.2. The van der Waals surface area contributed by atoms with E-state index in [2.05, 4.69) is 20.5 Å². The minimum atomic E-state index is -0.629. The van der Waals surface area contributed by atoms with Gasteiger partial charge in [0.25, 0.3) is 0 Å². The van der Waals surface area contributed by atoms with Crippen LogP contribution in [0, 0.1) is 11.6 Å². The Morgan fingerprint density at radius 2 is 1.89 bits per heavy atom. The highest BCUT2D eigenvalue weighted by Crippen LogP contribution is 2.35. The number of H-pyrrole nitrogens is 1. The number of thioether (sulfide) groups is 1. The average Bonchev–Trinajstić information content (AvgIpc) is 3.36. The fraction of sp³-hybridized carbons (Fsp3) is 0.211. The van der Waals surface area contributed by atoms with E-state index in [9.17, 15) is 13.6 Å².